The molecule has 1 aliphatic heterocycles. The van der Waals surface area contributed by atoms with Crippen LogP contribution in [0, 0.1) is 6.92 Å². The summed E-state index contributed by atoms with van der Waals surface area (Å²) in [5, 5.41) is 10.8. The number of aryl methyl sites for hydroxylation is 1. The summed E-state index contributed by atoms with van der Waals surface area (Å²) >= 11 is 1.12. The molecule has 0 atom stereocenters. The molecular formula is C14H14N4O3S. The second-order valence-electron chi connectivity index (χ2n) is 4.81. The number of amides is 3. The van der Waals surface area contributed by atoms with Crippen molar-refractivity contribution in [3.05, 3.63) is 29.8 Å². The lowest BCUT2D eigenvalue weighted by Crippen LogP contribution is -2.35. The highest BCUT2D eigenvalue weighted by Crippen LogP contribution is 2.23. The first kappa shape index (κ1) is 14.6. The Hall–Kier alpha value is -2.35. The quantitative estimate of drug-likeness (QED) is 0.863. The van der Waals surface area contributed by atoms with Crippen LogP contribution in [0.1, 0.15) is 5.56 Å². The molecule has 0 aliphatic carbocycles. The molecule has 0 unspecified atom stereocenters. The summed E-state index contributed by atoms with van der Waals surface area (Å²) in [4.78, 5) is 24.5. The summed E-state index contributed by atoms with van der Waals surface area (Å²) in [6.07, 6.45) is 0. The van der Waals surface area contributed by atoms with Gasteiger partial charge in [0.2, 0.25) is 11.8 Å². The first-order chi connectivity index (χ1) is 10.6. The SMILES string of the molecule is Cc1ccc(-c2nnc(SCC(=O)N3CCNC3=O)o2)cc1. The van der Waals surface area contributed by atoms with E-state index in [4.69, 9.17) is 4.42 Å². The molecule has 1 saturated heterocycles. The fourth-order valence-electron chi connectivity index (χ4n) is 1.99. The molecule has 2 heterocycles. The van der Waals surface area contributed by atoms with Crippen molar-refractivity contribution in [3.8, 4) is 11.5 Å². The number of nitrogens with one attached hydrogen (secondary N) is 1. The number of carbonyl (C=O) groups excluding carboxylic acids is 2. The second kappa shape index (κ2) is 6.18. The molecule has 1 aliphatic rings. The van der Waals surface area contributed by atoms with Gasteiger partial charge in [-0.25, -0.2) is 4.79 Å². The highest BCUT2D eigenvalue weighted by atomic mass is 32.2. The minimum absolute atomic E-state index is 0.0863. The van der Waals surface area contributed by atoms with Crippen LogP contribution in [0.15, 0.2) is 33.9 Å². The summed E-state index contributed by atoms with van der Waals surface area (Å²) in [6, 6.07) is 7.37. The molecule has 0 saturated carbocycles. The second-order valence-corrected chi connectivity index (χ2v) is 5.73. The van der Waals surface area contributed by atoms with Gasteiger partial charge in [-0.2, -0.15) is 0 Å². The van der Waals surface area contributed by atoms with Crippen molar-refractivity contribution in [1.29, 1.82) is 0 Å². The van der Waals surface area contributed by atoms with Gasteiger partial charge in [0, 0.05) is 18.7 Å². The fraction of sp³-hybridized carbons (Fsp3) is 0.286. The van der Waals surface area contributed by atoms with Crippen LogP contribution in [0.25, 0.3) is 11.5 Å². The predicted molar refractivity (Wildman–Crippen MR) is 80.3 cm³/mol. The van der Waals surface area contributed by atoms with Crippen LogP contribution >= 0.6 is 11.8 Å². The minimum Gasteiger partial charge on any atom is -0.411 e. The van der Waals surface area contributed by atoms with E-state index in [0.29, 0.717) is 24.2 Å². The summed E-state index contributed by atoms with van der Waals surface area (Å²) in [7, 11) is 0. The molecule has 3 amide bonds. The average Bonchev–Trinajstić information content (AvgIpc) is 3.14. The molecular weight excluding hydrogens is 304 g/mol. The Morgan fingerprint density at radius 3 is 2.82 bits per heavy atom. The van der Waals surface area contributed by atoms with E-state index >= 15 is 0 Å². The van der Waals surface area contributed by atoms with Crippen molar-refractivity contribution >= 4 is 23.7 Å². The minimum atomic E-state index is -0.350. The van der Waals surface area contributed by atoms with Gasteiger partial charge < -0.3 is 9.73 Å². The Kier molecular flexibility index (Phi) is 4.10. The Bertz CT molecular complexity index is 698. The largest absolute Gasteiger partial charge is 0.411 e. The van der Waals surface area contributed by atoms with Crippen LogP contribution in [0.4, 0.5) is 4.79 Å². The van der Waals surface area contributed by atoms with Crippen LogP contribution in [0.5, 0.6) is 0 Å². The maximum absolute atomic E-state index is 11.9. The Balaban J connectivity index is 1.61. The molecule has 8 heteroatoms. The summed E-state index contributed by atoms with van der Waals surface area (Å²) < 4.78 is 5.52. The van der Waals surface area contributed by atoms with Crippen molar-refractivity contribution in [2.75, 3.05) is 18.8 Å². The third-order valence-corrected chi connectivity index (χ3v) is 3.99. The monoisotopic (exact) mass is 318 g/mol. The number of imide groups is 1. The van der Waals surface area contributed by atoms with E-state index in [1.807, 2.05) is 31.2 Å². The highest BCUT2D eigenvalue weighted by molar-refractivity contribution is 7.99. The van der Waals surface area contributed by atoms with Gasteiger partial charge in [-0.05, 0) is 19.1 Å². The molecule has 1 N–H and O–H groups in total. The van der Waals surface area contributed by atoms with E-state index in [9.17, 15) is 9.59 Å². The molecule has 3 rings (SSSR count). The van der Waals surface area contributed by atoms with Crippen LogP contribution < -0.4 is 5.32 Å². The van der Waals surface area contributed by atoms with E-state index in [1.54, 1.807) is 0 Å². The number of thioether (sulfide) groups is 1. The van der Waals surface area contributed by atoms with E-state index in [1.165, 1.54) is 4.90 Å². The van der Waals surface area contributed by atoms with Crippen LogP contribution in [-0.2, 0) is 4.79 Å². The van der Waals surface area contributed by atoms with Crippen LogP contribution in [0.2, 0.25) is 0 Å². The number of hydrogen-bond acceptors (Lipinski definition) is 6. The number of carbonyl (C=O) groups is 2. The predicted octanol–water partition coefficient (Wildman–Crippen LogP) is 1.69. The maximum atomic E-state index is 11.9. The lowest BCUT2D eigenvalue weighted by molar-refractivity contribution is -0.124. The maximum Gasteiger partial charge on any atom is 0.324 e. The molecule has 22 heavy (non-hydrogen) atoms. The summed E-state index contributed by atoms with van der Waals surface area (Å²) in [6.45, 7) is 2.89. The van der Waals surface area contributed by atoms with Crippen LogP contribution in [-0.4, -0.2) is 45.9 Å². The van der Waals surface area contributed by atoms with Gasteiger partial charge in [0.05, 0.1) is 5.75 Å². The molecule has 0 radical (unpaired) electrons. The smallest absolute Gasteiger partial charge is 0.324 e. The van der Waals surface area contributed by atoms with Gasteiger partial charge in [0.1, 0.15) is 0 Å². The van der Waals surface area contributed by atoms with E-state index in [2.05, 4.69) is 15.5 Å². The molecule has 2 aromatic rings. The Morgan fingerprint density at radius 2 is 2.14 bits per heavy atom. The standard InChI is InChI=1S/C14H14N4O3S/c1-9-2-4-10(5-3-9)12-16-17-14(21-12)22-8-11(19)18-7-6-15-13(18)20/h2-5H,6-8H2,1H3,(H,15,20). The first-order valence-corrected chi connectivity index (χ1v) is 7.73. The highest BCUT2D eigenvalue weighted by Gasteiger charge is 2.26. The normalized spacial score (nSPS) is 14.2. The number of hydrogen-bond donors (Lipinski definition) is 1. The third kappa shape index (κ3) is 3.11. The van der Waals surface area contributed by atoms with Crippen molar-refractivity contribution in [2.45, 2.75) is 12.1 Å². The molecule has 114 valence electrons. The van der Waals surface area contributed by atoms with Gasteiger partial charge in [0.15, 0.2) is 0 Å². The zero-order chi connectivity index (χ0) is 15.5. The lowest BCUT2D eigenvalue weighted by atomic mass is 10.1. The number of nitrogens with zero attached hydrogens (tertiary/aromatic N) is 3. The van der Waals surface area contributed by atoms with E-state index in [-0.39, 0.29) is 17.7 Å². The van der Waals surface area contributed by atoms with Crippen molar-refractivity contribution in [2.24, 2.45) is 0 Å². The first-order valence-electron chi connectivity index (χ1n) is 6.75. The molecule has 1 aromatic heterocycles. The topological polar surface area (TPSA) is 88.3 Å². The molecule has 7 nitrogen and oxygen atoms in total. The van der Waals surface area contributed by atoms with Gasteiger partial charge in [0.25, 0.3) is 5.22 Å². The van der Waals surface area contributed by atoms with Gasteiger partial charge in [-0.15, -0.1) is 10.2 Å². The van der Waals surface area contributed by atoms with Gasteiger partial charge in [-0.3, -0.25) is 9.69 Å². The van der Waals surface area contributed by atoms with Gasteiger partial charge >= 0.3 is 6.03 Å². The Labute approximate surface area is 131 Å². The molecule has 1 fully saturated rings. The summed E-state index contributed by atoms with van der Waals surface area (Å²) in [5.41, 5.74) is 1.97. The number of rotatable bonds is 4. The van der Waals surface area contributed by atoms with E-state index in [0.717, 1.165) is 22.9 Å². The number of benzene rings is 1. The zero-order valence-corrected chi connectivity index (χ0v) is 12.7. The van der Waals surface area contributed by atoms with Crippen molar-refractivity contribution in [1.82, 2.24) is 20.4 Å². The number of aromatic nitrogens is 2. The number of urea groups is 1. The van der Waals surface area contributed by atoms with Gasteiger partial charge in [-0.1, -0.05) is 29.5 Å². The average molecular weight is 318 g/mol. The third-order valence-electron chi connectivity index (χ3n) is 3.18. The van der Waals surface area contributed by atoms with Crippen LogP contribution in [0.3, 0.4) is 0 Å². The molecule has 0 spiro atoms. The van der Waals surface area contributed by atoms with Crippen molar-refractivity contribution in [3.63, 3.8) is 0 Å². The van der Waals surface area contributed by atoms with Crippen molar-refractivity contribution < 1.29 is 14.0 Å². The lowest BCUT2D eigenvalue weighted by Gasteiger charge is -2.10. The van der Waals surface area contributed by atoms with E-state index < -0.39 is 0 Å². The molecule has 0 bridgehead atoms. The zero-order valence-electron chi connectivity index (χ0n) is 11.9. The fourth-order valence-corrected chi connectivity index (χ4v) is 2.63. The molecule has 1 aromatic carbocycles. The summed E-state index contributed by atoms with van der Waals surface area (Å²) in [5.74, 6) is 0.229. The Morgan fingerprint density at radius 1 is 1.36 bits per heavy atom.